The summed E-state index contributed by atoms with van der Waals surface area (Å²) in [6, 6.07) is 50.4. The molecular weight excluding hydrogens is 538 g/mol. The monoisotopic (exact) mass is 563 g/mol. The maximum absolute atomic E-state index is 6.24. The first-order chi connectivity index (χ1) is 21.8. The SMILES string of the molecule is c1ccc(-c2cc(-c3ccc(-n4c5ccccc5c5cc6oc7ccccc7c6cc54)nc3)cc(-c3ccccc3)n2)cc1. The Morgan fingerprint density at radius 3 is 1.80 bits per heavy atom. The minimum absolute atomic E-state index is 0.868. The van der Waals surface area contributed by atoms with Crippen molar-refractivity contribution in [3.8, 4) is 39.5 Å². The average Bonchev–Trinajstić information content (AvgIpc) is 3.63. The second kappa shape index (κ2) is 9.79. The number of rotatable bonds is 4. The zero-order chi connectivity index (χ0) is 29.0. The standard InChI is InChI=1S/C40H25N3O/c1-3-11-26(12-4-1)34-21-29(22-35(42-34)27-13-5-2-6-14-27)28-19-20-40(41-25-28)43-36-17-9-7-15-30(36)32-24-39-33(23-37(32)43)31-16-8-10-18-38(31)44-39/h1-25H. The van der Waals surface area contributed by atoms with Gasteiger partial charge in [0, 0.05) is 44.4 Å². The fraction of sp³-hybridized carbons (Fsp3) is 0. The number of benzene rings is 5. The Morgan fingerprint density at radius 1 is 0.432 bits per heavy atom. The largest absolute Gasteiger partial charge is 0.456 e. The van der Waals surface area contributed by atoms with Crippen LogP contribution in [0, 0.1) is 0 Å². The number of para-hydroxylation sites is 2. The van der Waals surface area contributed by atoms with Gasteiger partial charge in [0.15, 0.2) is 0 Å². The number of fused-ring (bicyclic) bond motifs is 6. The van der Waals surface area contributed by atoms with Crippen molar-refractivity contribution in [1.82, 2.24) is 14.5 Å². The topological polar surface area (TPSA) is 43.9 Å². The van der Waals surface area contributed by atoms with Crippen molar-refractivity contribution in [3.05, 3.63) is 152 Å². The van der Waals surface area contributed by atoms with E-state index in [1.165, 1.54) is 5.39 Å². The maximum Gasteiger partial charge on any atom is 0.137 e. The summed E-state index contributed by atoms with van der Waals surface area (Å²) in [7, 11) is 0. The summed E-state index contributed by atoms with van der Waals surface area (Å²) >= 11 is 0. The minimum atomic E-state index is 0.868. The second-order valence-corrected chi connectivity index (χ2v) is 11.1. The molecule has 0 bridgehead atoms. The minimum Gasteiger partial charge on any atom is -0.456 e. The van der Waals surface area contributed by atoms with Crippen LogP contribution in [0.5, 0.6) is 0 Å². The van der Waals surface area contributed by atoms with Gasteiger partial charge in [0.25, 0.3) is 0 Å². The summed E-state index contributed by atoms with van der Waals surface area (Å²) in [6.45, 7) is 0. The molecule has 4 nitrogen and oxygen atoms in total. The number of hydrogen-bond donors (Lipinski definition) is 0. The van der Waals surface area contributed by atoms with Crippen molar-refractivity contribution >= 4 is 43.7 Å². The van der Waals surface area contributed by atoms with Crippen molar-refractivity contribution < 1.29 is 4.42 Å². The Morgan fingerprint density at radius 2 is 1.09 bits per heavy atom. The highest BCUT2D eigenvalue weighted by Crippen LogP contribution is 2.38. The zero-order valence-corrected chi connectivity index (χ0v) is 23.7. The molecule has 0 fully saturated rings. The lowest BCUT2D eigenvalue weighted by Crippen LogP contribution is -1.97. The molecule has 0 atom stereocenters. The molecule has 0 aliphatic rings. The van der Waals surface area contributed by atoms with E-state index in [4.69, 9.17) is 14.4 Å². The highest BCUT2D eigenvalue weighted by atomic mass is 16.3. The number of pyridine rings is 2. The van der Waals surface area contributed by atoms with Gasteiger partial charge >= 0.3 is 0 Å². The van der Waals surface area contributed by atoms with E-state index in [2.05, 4.69) is 102 Å². The highest BCUT2D eigenvalue weighted by Gasteiger charge is 2.17. The van der Waals surface area contributed by atoms with Gasteiger partial charge in [-0.3, -0.25) is 4.57 Å². The van der Waals surface area contributed by atoms with Gasteiger partial charge < -0.3 is 4.42 Å². The molecule has 4 heterocycles. The lowest BCUT2D eigenvalue weighted by Gasteiger charge is -2.11. The van der Waals surface area contributed by atoms with Crippen LogP contribution in [-0.2, 0) is 0 Å². The summed E-state index contributed by atoms with van der Waals surface area (Å²) in [4.78, 5) is 10.1. The van der Waals surface area contributed by atoms with E-state index in [0.29, 0.717) is 0 Å². The smallest absolute Gasteiger partial charge is 0.137 e. The lowest BCUT2D eigenvalue weighted by molar-refractivity contribution is 0.669. The zero-order valence-electron chi connectivity index (χ0n) is 23.7. The molecule has 4 heteroatoms. The van der Waals surface area contributed by atoms with Crippen molar-refractivity contribution in [1.29, 1.82) is 0 Å². The van der Waals surface area contributed by atoms with E-state index in [0.717, 1.165) is 77.8 Å². The number of nitrogens with zero attached hydrogens (tertiary/aromatic N) is 3. The van der Waals surface area contributed by atoms with Gasteiger partial charge in [0.05, 0.1) is 22.4 Å². The molecule has 0 aliphatic heterocycles. The molecule has 44 heavy (non-hydrogen) atoms. The summed E-state index contributed by atoms with van der Waals surface area (Å²) in [6.07, 6.45) is 1.97. The van der Waals surface area contributed by atoms with Crippen LogP contribution in [0.4, 0.5) is 0 Å². The molecule has 206 valence electrons. The van der Waals surface area contributed by atoms with E-state index in [1.807, 2.05) is 54.7 Å². The third-order valence-electron chi connectivity index (χ3n) is 8.45. The highest BCUT2D eigenvalue weighted by molar-refractivity contribution is 6.17. The van der Waals surface area contributed by atoms with Crippen LogP contribution in [0.2, 0.25) is 0 Å². The molecule has 0 N–H and O–H groups in total. The van der Waals surface area contributed by atoms with Gasteiger partial charge in [-0.1, -0.05) is 97.1 Å². The Kier molecular flexibility index (Phi) is 5.47. The van der Waals surface area contributed by atoms with Gasteiger partial charge in [0.1, 0.15) is 17.0 Å². The van der Waals surface area contributed by atoms with Crippen LogP contribution in [0.15, 0.2) is 156 Å². The maximum atomic E-state index is 6.24. The second-order valence-electron chi connectivity index (χ2n) is 11.1. The Balaban J connectivity index is 1.21. The van der Waals surface area contributed by atoms with Crippen LogP contribution in [0.3, 0.4) is 0 Å². The summed E-state index contributed by atoms with van der Waals surface area (Å²) in [5.74, 6) is 0.868. The molecule has 0 aliphatic carbocycles. The molecule has 0 spiro atoms. The average molecular weight is 564 g/mol. The van der Waals surface area contributed by atoms with Crippen LogP contribution in [0.1, 0.15) is 0 Å². The molecule has 4 aromatic heterocycles. The molecule has 5 aromatic carbocycles. The van der Waals surface area contributed by atoms with Crippen molar-refractivity contribution in [2.75, 3.05) is 0 Å². The van der Waals surface area contributed by atoms with E-state index >= 15 is 0 Å². The van der Waals surface area contributed by atoms with Gasteiger partial charge in [-0.05, 0) is 54.1 Å². The van der Waals surface area contributed by atoms with Gasteiger partial charge in [-0.25, -0.2) is 9.97 Å². The van der Waals surface area contributed by atoms with Crippen molar-refractivity contribution in [2.24, 2.45) is 0 Å². The van der Waals surface area contributed by atoms with E-state index in [1.54, 1.807) is 0 Å². The number of furan rings is 1. The predicted molar refractivity (Wildman–Crippen MR) is 180 cm³/mol. The first-order valence-electron chi connectivity index (χ1n) is 14.7. The Bertz CT molecular complexity index is 2420. The van der Waals surface area contributed by atoms with E-state index < -0.39 is 0 Å². The van der Waals surface area contributed by atoms with Crippen LogP contribution >= 0.6 is 0 Å². The van der Waals surface area contributed by atoms with Gasteiger partial charge in [-0.2, -0.15) is 0 Å². The number of hydrogen-bond acceptors (Lipinski definition) is 3. The van der Waals surface area contributed by atoms with Crippen LogP contribution in [-0.4, -0.2) is 14.5 Å². The fourth-order valence-corrected chi connectivity index (χ4v) is 6.33. The molecular formula is C40H25N3O. The third-order valence-corrected chi connectivity index (χ3v) is 8.45. The molecule has 9 aromatic rings. The summed E-state index contributed by atoms with van der Waals surface area (Å²) < 4.78 is 8.50. The quantitative estimate of drug-likeness (QED) is 0.214. The lowest BCUT2D eigenvalue weighted by atomic mass is 10.0. The third kappa shape index (κ3) is 3.92. The van der Waals surface area contributed by atoms with E-state index in [-0.39, 0.29) is 0 Å². The van der Waals surface area contributed by atoms with Crippen molar-refractivity contribution in [3.63, 3.8) is 0 Å². The summed E-state index contributed by atoms with van der Waals surface area (Å²) in [5.41, 5.74) is 10.2. The first-order valence-corrected chi connectivity index (χ1v) is 14.7. The van der Waals surface area contributed by atoms with Crippen molar-refractivity contribution in [2.45, 2.75) is 0 Å². The summed E-state index contributed by atoms with van der Waals surface area (Å²) in [5, 5.41) is 4.54. The first kappa shape index (κ1) is 24.6. The number of aromatic nitrogens is 3. The molecule has 0 amide bonds. The Hall–Kier alpha value is -6.00. The Labute approximate surface area is 253 Å². The molecule has 0 unspecified atom stereocenters. The van der Waals surface area contributed by atoms with Gasteiger partial charge in [-0.15, -0.1) is 0 Å². The molecule has 9 rings (SSSR count). The normalized spacial score (nSPS) is 11.6. The van der Waals surface area contributed by atoms with Gasteiger partial charge in [0.2, 0.25) is 0 Å². The predicted octanol–water partition coefficient (Wildman–Crippen LogP) is 10.5. The fourth-order valence-electron chi connectivity index (χ4n) is 6.33. The van der Waals surface area contributed by atoms with Crippen LogP contribution < -0.4 is 0 Å². The molecule has 0 saturated carbocycles. The van der Waals surface area contributed by atoms with E-state index in [9.17, 15) is 0 Å². The molecule has 0 radical (unpaired) electrons. The van der Waals surface area contributed by atoms with Crippen LogP contribution in [0.25, 0.3) is 83.2 Å². The molecule has 0 saturated heterocycles.